The molecule has 1 heterocycles. The van der Waals surface area contributed by atoms with Crippen molar-refractivity contribution >= 4 is 11.5 Å². The summed E-state index contributed by atoms with van der Waals surface area (Å²) in [7, 11) is 2.24. The monoisotopic (exact) mass is 445 g/mol. The lowest BCUT2D eigenvalue weighted by Crippen LogP contribution is -2.38. The Morgan fingerprint density at radius 1 is 1.12 bits per heavy atom. The van der Waals surface area contributed by atoms with E-state index in [1.165, 1.54) is 22.3 Å². The fraction of sp³-hybridized carbons (Fsp3) is 0.500. The van der Waals surface area contributed by atoms with Crippen molar-refractivity contribution < 1.29 is 9.53 Å². The van der Waals surface area contributed by atoms with Crippen LogP contribution in [0, 0.1) is 5.92 Å². The van der Waals surface area contributed by atoms with Gasteiger partial charge in [-0.25, -0.2) is 0 Å². The number of hydrogen-bond donors (Lipinski definition) is 1. The van der Waals surface area contributed by atoms with Crippen LogP contribution in [0.5, 0.6) is 5.75 Å². The van der Waals surface area contributed by atoms with Crippen LogP contribution in [0.3, 0.4) is 0 Å². The van der Waals surface area contributed by atoms with Crippen molar-refractivity contribution in [3.8, 4) is 5.75 Å². The van der Waals surface area contributed by atoms with Crippen LogP contribution in [-0.2, 0) is 17.6 Å². The standard InChI is InChI=1S/C28H35N3O2/c1-31(16-14-22-6-2-3-15-30-22)23-10-12-24(13-11-23)33-25-7-4-5-19-17-20-8-9-21(18-26(29)32)27(20)28(19)25/h2-7,15,21,23-24H,8-14,16-18H2,1H3,(H2,29,32)/t21-,23?,24?/m1/s1. The van der Waals surface area contributed by atoms with Crippen LogP contribution in [0.1, 0.15) is 61.8 Å². The lowest BCUT2D eigenvalue weighted by Gasteiger charge is -2.35. The molecule has 3 aliphatic carbocycles. The van der Waals surface area contributed by atoms with E-state index >= 15 is 0 Å². The molecule has 0 radical (unpaired) electrons. The van der Waals surface area contributed by atoms with E-state index < -0.39 is 0 Å². The van der Waals surface area contributed by atoms with Gasteiger partial charge in [0.2, 0.25) is 5.91 Å². The Bertz CT molecular complexity index is 1020. The zero-order valence-electron chi connectivity index (χ0n) is 19.6. The van der Waals surface area contributed by atoms with Gasteiger partial charge in [-0.1, -0.05) is 23.8 Å². The minimum atomic E-state index is -0.203. The van der Waals surface area contributed by atoms with Crippen LogP contribution in [0.25, 0.3) is 5.57 Å². The fourth-order valence-corrected chi connectivity index (χ4v) is 6.09. The number of aromatic nitrogens is 1. The van der Waals surface area contributed by atoms with E-state index in [1.54, 1.807) is 0 Å². The van der Waals surface area contributed by atoms with Crippen LogP contribution in [0.2, 0.25) is 0 Å². The van der Waals surface area contributed by atoms with Crippen LogP contribution < -0.4 is 10.5 Å². The van der Waals surface area contributed by atoms with E-state index in [0.717, 1.165) is 69.4 Å². The van der Waals surface area contributed by atoms with Crippen molar-refractivity contribution in [2.24, 2.45) is 11.7 Å². The first-order chi connectivity index (χ1) is 16.1. The van der Waals surface area contributed by atoms with Gasteiger partial charge in [-0.3, -0.25) is 9.78 Å². The van der Waals surface area contributed by atoms with Gasteiger partial charge in [0.25, 0.3) is 0 Å². The second-order valence-corrected chi connectivity index (χ2v) is 9.99. The summed E-state index contributed by atoms with van der Waals surface area (Å²) in [4.78, 5) is 18.6. The number of amides is 1. The number of likely N-dealkylation sites (N-methyl/N-ethyl adjacent to an activating group) is 1. The summed E-state index contributed by atoms with van der Waals surface area (Å²) < 4.78 is 6.64. The van der Waals surface area contributed by atoms with Gasteiger partial charge < -0.3 is 15.4 Å². The number of nitrogens with zero attached hydrogens (tertiary/aromatic N) is 2. The molecule has 2 aromatic rings. The molecule has 0 unspecified atom stereocenters. The van der Waals surface area contributed by atoms with Crippen molar-refractivity contribution in [2.75, 3.05) is 13.6 Å². The number of nitrogens with two attached hydrogens (primary N) is 1. The minimum Gasteiger partial charge on any atom is -0.490 e. The average Bonchev–Trinajstić information content (AvgIpc) is 3.38. The molecule has 1 amide bonds. The van der Waals surface area contributed by atoms with Gasteiger partial charge in [-0.05, 0) is 87.2 Å². The van der Waals surface area contributed by atoms with Gasteiger partial charge in [-0.15, -0.1) is 0 Å². The van der Waals surface area contributed by atoms with Crippen molar-refractivity contribution in [3.05, 3.63) is 65.0 Å². The zero-order valence-corrected chi connectivity index (χ0v) is 19.6. The van der Waals surface area contributed by atoms with Gasteiger partial charge in [0.15, 0.2) is 0 Å². The largest absolute Gasteiger partial charge is 0.490 e. The maximum absolute atomic E-state index is 11.6. The number of hydrogen-bond acceptors (Lipinski definition) is 4. The summed E-state index contributed by atoms with van der Waals surface area (Å²) in [6.07, 6.45) is 11.2. The number of benzene rings is 1. The van der Waals surface area contributed by atoms with Crippen molar-refractivity contribution in [1.29, 1.82) is 0 Å². The van der Waals surface area contributed by atoms with Crippen LogP contribution >= 0.6 is 0 Å². The molecule has 2 N–H and O–H groups in total. The van der Waals surface area contributed by atoms with Gasteiger partial charge in [0.05, 0.1) is 6.10 Å². The van der Waals surface area contributed by atoms with Gasteiger partial charge in [0.1, 0.15) is 5.75 Å². The molecule has 0 saturated heterocycles. The predicted octanol–water partition coefficient (Wildman–Crippen LogP) is 4.54. The summed E-state index contributed by atoms with van der Waals surface area (Å²) in [5.74, 6) is 1.07. The first-order valence-electron chi connectivity index (χ1n) is 12.5. The maximum Gasteiger partial charge on any atom is 0.218 e. The van der Waals surface area contributed by atoms with Gasteiger partial charge >= 0.3 is 0 Å². The number of rotatable bonds is 8. The Morgan fingerprint density at radius 3 is 2.73 bits per heavy atom. The summed E-state index contributed by atoms with van der Waals surface area (Å²) in [6, 6.07) is 13.2. The molecule has 5 rings (SSSR count). The highest BCUT2D eigenvalue weighted by atomic mass is 16.5. The van der Waals surface area contributed by atoms with Crippen LogP contribution in [0.15, 0.2) is 48.2 Å². The Morgan fingerprint density at radius 2 is 1.97 bits per heavy atom. The number of carbonyl (C=O) groups excluding carboxylic acids is 1. The summed E-state index contributed by atoms with van der Waals surface area (Å²) >= 11 is 0. The molecule has 5 heteroatoms. The molecule has 1 atom stereocenters. The number of pyridine rings is 1. The van der Waals surface area contributed by atoms with E-state index in [2.05, 4.69) is 47.3 Å². The first-order valence-corrected chi connectivity index (χ1v) is 12.5. The number of primary amides is 1. The van der Waals surface area contributed by atoms with Crippen LogP contribution in [0.4, 0.5) is 0 Å². The molecule has 3 aliphatic rings. The highest BCUT2D eigenvalue weighted by molar-refractivity contribution is 5.86. The third-order valence-electron chi connectivity index (χ3n) is 7.82. The Balaban J connectivity index is 1.19. The minimum absolute atomic E-state index is 0.203. The van der Waals surface area contributed by atoms with Crippen molar-refractivity contribution in [1.82, 2.24) is 9.88 Å². The van der Waals surface area contributed by atoms with E-state index in [-0.39, 0.29) is 17.9 Å². The van der Waals surface area contributed by atoms with E-state index in [0.29, 0.717) is 12.5 Å². The number of carbonyl (C=O) groups is 1. The molecular formula is C28H35N3O2. The quantitative estimate of drug-likeness (QED) is 0.648. The topological polar surface area (TPSA) is 68.5 Å². The number of allylic oxidation sites excluding steroid dienone is 2. The highest BCUT2D eigenvalue weighted by Gasteiger charge is 2.36. The normalized spacial score (nSPS) is 24.1. The maximum atomic E-state index is 11.6. The third-order valence-corrected chi connectivity index (χ3v) is 7.82. The molecule has 0 spiro atoms. The van der Waals surface area contributed by atoms with Crippen molar-refractivity contribution in [3.63, 3.8) is 0 Å². The number of fused-ring (bicyclic) bond motifs is 2. The average molecular weight is 446 g/mol. The lowest BCUT2D eigenvalue weighted by atomic mass is 9.90. The SMILES string of the molecule is CN(CCc1ccccn1)C1CCC(Oc2cccc3c2C2=C(CC[C@@H]2CC(N)=O)C3)CC1. The van der Waals surface area contributed by atoms with Crippen molar-refractivity contribution in [2.45, 2.75) is 69.9 Å². The second kappa shape index (κ2) is 9.68. The smallest absolute Gasteiger partial charge is 0.218 e. The molecule has 1 fully saturated rings. The molecule has 1 saturated carbocycles. The molecule has 1 aromatic carbocycles. The molecule has 0 aliphatic heterocycles. The summed E-state index contributed by atoms with van der Waals surface area (Å²) in [6.45, 7) is 1.04. The van der Waals surface area contributed by atoms with E-state index in [4.69, 9.17) is 10.5 Å². The van der Waals surface area contributed by atoms with E-state index in [1.807, 2.05) is 12.3 Å². The van der Waals surface area contributed by atoms with Gasteiger partial charge in [0, 0.05) is 42.9 Å². The highest BCUT2D eigenvalue weighted by Crippen LogP contribution is 2.51. The lowest BCUT2D eigenvalue weighted by molar-refractivity contribution is -0.118. The fourth-order valence-electron chi connectivity index (χ4n) is 6.09. The van der Waals surface area contributed by atoms with Crippen LogP contribution in [-0.4, -0.2) is 41.5 Å². The molecular weight excluding hydrogens is 410 g/mol. The molecule has 0 bridgehead atoms. The predicted molar refractivity (Wildman–Crippen MR) is 131 cm³/mol. The second-order valence-electron chi connectivity index (χ2n) is 9.99. The Kier molecular flexibility index (Phi) is 6.50. The molecule has 174 valence electrons. The van der Waals surface area contributed by atoms with Gasteiger partial charge in [-0.2, -0.15) is 0 Å². The Labute approximate surface area is 197 Å². The molecule has 1 aromatic heterocycles. The molecule has 5 nitrogen and oxygen atoms in total. The van der Waals surface area contributed by atoms with E-state index in [9.17, 15) is 4.79 Å². The summed E-state index contributed by atoms with van der Waals surface area (Å²) in [5.41, 5.74) is 12.2. The summed E-state index contributed by atoms with van der Waals surface area (Å²) in [5, 5.41) is 0. The zero-order chi connectivity index (χ0) is 22.8. The third kappa shape index (κ3) is 4.84. The Hall–Kier alpha value is -2.66. The number of ether oxygens (including phenoxy) is 1. The molecule has 33 heavy (non-hydrogen) atoms. The first kappa shape index (κ1) is 22.1.